The monoisotopic (exact) mass is 288 g/mol. The molecular formula is C16H20N2O3. The molecule has 1 N–H and O–H groups in total. The molecule has 0 aliphatic carbocycles. The first kappa shape index (κ1) is 13.0. The molecule has 5 nitrogen and oxygen atoms in total. The number of nitrogens with one attached hydrogen (secondary N) is 1. The molecule has 3 aliphatic heterocycles. The van der Waals surface area contributed by atoms with Crippen LogP contribution in [0.25, 0.3) is 0 Å². The van der Waals surface area contributed by atoms with Gasteiger partial charge in [0.15, 0.2) is 11.5 Å². The number of carbonyl (C=O) groups is 1. The molecule has 3 aliphatic rings. The van der Waals surface area contributed by atoms with Gasteiger partial charge in [0.1, 0.15) is 0 Å². The van der Waals surface area contributed by atoms with Crippen LogP contribution in [0.1, 0.15) is 24.8 Å². The molecule has 2 unspecified atom stereocenters. The summed E-state index contributed by atoms with van der Waals surface area (Å²) < 4.78 is 10.7. The molecule has 1 aromatic rings. The van der Waals surface area contributed by atoms with Crippen molar-refractivity contribution in [3.05, 3.63) is 23.8 Å². The summed E-state index contributed by atoms with van der Waals surface area (Å²) in [5.41, 5.74) is 1.00. The van der Waals surface area contributed by atoms with Crippen LogP contribution in [0.2, 0.25) is 0 Å². The molecule has 5 heteroatoms. The van der Waals surface area contributed by atoms with Crippen molar-refractivity contribution in [3.63, 3.8) is 0 Å². The molecule has 112 valence electrons. The maximum Gasteiger partial charge on any atom is 0.231 e. The van der Waals surface area contributed by atoms with Crippen molar-refractivity contribution in [2.45, 2.75) is 37.8 Å². The van der Waals surface area contributed by atoms with E-state index in [0.29, 0.717) is 18.5 Å². The number of benzene rings is 1. The Hall–Kier alpha value is -1.75. The summed E-state index contributed by atoms with van der Waals surface area (Å²) in [7, 11) is 0. The molecule has 2 atom stereocenters. The standard InChI is InChI=1S/C16H20N2O3/c19-16(18-12-2-3-13(18)9-17-6-5-12)8-11-1-4-14-15(7-11)21-10-20-14/h1,4,7,12-13,17H,2-3,5-6,8-10H2. The van der Waals surface area contributed by atoms with E-state index in [1.165, 1.54) is 0 Å². The molecule has 4 rings (SSSR count). The normalized spacial score (nSPS) is 26.8. The van der Waals surface area contributed by atoms with Gasteiger partial charge in [0.25, 0.3) is 0 Å². The second-order valence-electron chi connectivity index (χ2n) is 6.04. The van der Waals surface area contributed by atoms with E-state index in [-0.39, 0.29) is 12.7 Å². The van der Waals surface area contributed by atoms with Gasteiger partial charge < -0.3 is 19.7 Å². The van der Waals surface area contributed by atoms with Gasteiger partial charge in [-0.2, -0.15) is 0 Å². The fourth-order valence-electron chi connectivity index (χ4n) is 3.71. The lowest BCUT2D eigenvalue weighted by atomic mass is 10.1. The van der Waals surface area contributed by atoms with Crippen molar-refractivity contribution in [2.24, 2.45) is 0 Å². The van der Waals surface area contributed by atoms with Crippen LogP contribution in [-0.2, 0) is 11.2 Å². The van der Waals surface area contributed by atoms with Crippen molar-refractivity contribution in [3.8, 4) is 11.5 Å². The van der Waals surface area contributed by atoms with Gasteiger partial charge in [0.05, 0.1) is 6.42 Å². The maximum absolute atomic E-state index is 12.7. The molecule has 21 heavy (non-hydrogen) atoms. The lowest BCUT2D eigenvalue weighted by Gasteiger charge is -2.28. The Morgan fingerprint density at radius 1 is 1.19 bits per heavy atom. The molecule has 0 spiro atoms. The summed E-state index contributed by atoms with van der Waals surface area (Å²) in [6.07, 6.45) is 3.80. The number of nitrogens with zero attached hydrogens (tertiary/aromatic N) is 1. The SMILES string of the molecule is O=C(Cc1ccc2c(c1)OCO2)N1C2CCNCC1CC2. The maximum atomic E-state index is 12.7. The number of amides is 1. The van der Waals surface area contributed by atoms with Gasteiger partial charge in [-0.1, -0.05) is 6.07 Å². The molecule has 1 amide bonds. The van der Waals surface area contributed by atoms with Gasteiger partial charge in [0, 0.05) is 18.6 Å². The first-order valence-corrected chi connectivity index (χ1v) is 7.71. The van der Waals surface area contributed by atoms with Crippen LogP contribution in [-0.4, -0.2) is 42.8 Å². The Morgan fingerprint density at radius 2 is 2.05 bits per heavy atom. The van der Waals surface area contributed by atoms with E-state index in [9.17, 15) is 4.79 Å². The largest absolute Gasteiger partial charge is 0.454 e. The van der Waals surface area contributed by atoms with Crippen molar-refractivity contribution in [2.75, 3.05) is 19.9 Å². The van der Waals surface area contributed by atoms with E-state index in [1.807, 2.05) is 18.2 Å². The first-order valence-electron chi connectivity index (χ1n) is 7.71. The minimum Gasteiger partial charge on any atom is -0.454 e. The fraction of sp³-hybridized carbons (Fsp3) is 0.562. The van der Waals surface area contributed by atoms with Gasteiger partial charge in [0.2, 0.25) is 12.7 Å². The summed E-state index contributed by atoms with van der Waals surface area (Å²) in [6.45, 7) is 2.23. The summed E-state index contributed by atoms with van der Waals surface area (Å²) in [5, 5.41) is 3.43. The van der Waals surface area contributed by atoms with Gasteiger partial charge >= 0.3 is 0 Å². The van der Waals surface area contributed by atoms with E-state index in [0.717, 1.165) is 49.4 Å². The Bertz CT molecular complexity index is 546. The number of rotatable bonds is 2. The van der Waals surface area contributed by atoms with Gasteiger partial charge in [-0.05, 0) is 43.5 Å². The number of fused-ring (bicyclic) bond motifs is 3. The summed E-state index contributed by atoms with van der Waals surface area (Å²) in [6, 6.07) is 6.58. The van der Waals surface area contributed by atoms with Crippen molar-refractivity contribution < 1.29 is 14.3 Å². The van der Waals surface area contributed by atoms with E-state index < -0.39 is 0 Å². The zero-order chi connectivity index (χ0) is 14.2. The van der Waals surface area contributed by atoms with Gasteiger partial charge in [-0.3, -0.25) is 4.79 Å². The van der Waals surface area contributed by atoms with E-state index >= 15 is 0 Å². The molecule has 2 fully saturated rings. The van der Waals surface area contributed by atoms with Crippen LogP contribution in [0, 0.1) is 0 Å². The number of carbonyl (C=O) groups excluding carboxylic acids is 1. The minimum atomic E-state index is 0.241. The third-order valence-electron chi connectivity index (χ3n) is 4.73. The topological polar surface area (TPSA) is 50.8 Å². The van der Waals surface area contributed by atoms with Crippen molar-refractivity contribution >= 4 is 5.91 Å². The van der Waals surface area contributed by atoms with E-state index in [1.54, 1.807) is 0 Å². The lowest BCUT2D eigenvalue weighted by molar-refractivity contribution is -0.133. The predicted octanol–water partition coefficient (Wildman–Crippen LogP) is 1.31. The predicted molar refractivity (Wildman–Crippen MR) is 77.4 cm³/mol. The molecule has 0 radical (unpaired) electrons. The fourth-order valence-corrected chi connectivity index (χ4v) is 3.71. The third-order valence-corrected chi connectivity index (χ3v) is 4.73. The third kappa shape index (κ3) is 2.35. The van der Waals surface area contributed by atoms with E-state index in [2.05, 4.69) is 10.2 Å². The van der Waals surface area contributed by atoms with Crippen LogP contribution in [0.4, 0.5) is 0 Å². The second-order valence-corrected chi connectivity index (χ2v) is 6.04. The highest BCUT2D eigenvalue weighted by molar-refractivity contribution is 5.80. The smallest absolute Gasteiger partial charge is 0.231 e. The Labute approximate surface area is 124 Å². The summed E-state index contributed by atoms with van der Waals surface area (Å²) >= 11 is 0. The average molecular weight is 288 g/mol. The van der Waals surface area contributed by atoms with Crippen LogP contribution < -0.4 is 14.8 Å². The zero-order valence-electron chi connectivity index (χ0n) is 12.0. The second kappa shape index (κ2) is 5.22. The van der Waals surface area contributed by atoms with Crippen LogP contribution in [0.15, 0.2) is 18.2 Å². The molecule has 2 bridgehead atoms. The quantitative estimate of drug-likeness (QED) is 0.891. The number of hydrogen-bond acceptors (Lipinski definition) is 4. The van der Waals surface area contributed by atoms with Crippen LogP contribution in [0.5, 0.6) is 11.5 Å². The zero-order valence-corrected chi connectivity index (χ0v) is 12.0. The molecule has 1 aromatic carbocycles. The average Bonchev–Trinajstić information content (AvgIpc) is 3.01. The molecule has 3 heterocycles. The Balaban J connectivity index is 1.50. The number of hydrogen-bond donors (Lipinski definition) is 1. The highest BCUT2D eigenvalue weighted by Gasteiger charge is 2.37. The summed E-state index contributed by atoms with van der Waals surface area (Å²) in [4.78, 5) is 14.8. The van der Waals surface area contributed by atoms with Crippen LogP contribution in [0.3, 0.4) is 0 Å². The van der Waals surface area contributed by atoms with Crippen molar-refractivity contribution in [1.29, 1.82) is 0 Å². The molecule has 0 saturated carbocycles. The first-order chi connectivity index (χ1) is 10.3. The van der Waals surface area contributed by atoms with Crippen molar-refractivity contribution in [1.82, 2.24) is 10.2 Å². The Morgan fingerprint density at radius 3 is 3.00 bits per heavy atom. The molecule has 0 aromatic heterocycles. The van der Waals surface area contributed by atoms with Gasteiger partial charge in [-0.25, -0.2) is 0 Å². The van der Waals surface area contributed by atoms with Gasteiger partial charge in [-0.15, -0.1) is 0 Å². The van der Waals surface area contributed by atoms with Crippen LogP contribution >= 0.6 is 0 Å². The Kier molecular flexibility index (Phi) is 3.22. The molecule has 2 saturated heterocycles. The highest BCUT2D eigenvalue weighted by Crippen LogP contribution is 2.33. The minimum absolute atomic E-state index is 0.241. The lowest BCUT2D eigenvalue weighted by Crippen LogP contribution is -2.43. The summed E-state index contributed by atoms with van der Waals surface area (Å²) in [5.74, 6) is 1.76. The number of ether oxygens (including phenoxy) is 2. The highest BCUT2D eigenvalue weighted by atomic mass is 16.7. The molecular weight excluding hydrogens is 268 g/mol. The van der Waals surface area contributed by atoms with E-state index in [4.69, 9.17) is 9.47 Å².